The Morgan fingerprint density at radius 2 is 2.12 bits per heavy atom. The quantitative estimate of drug-likeness (QED) is 0.626. The van der Waals surface area contributed by atoms with Crippen molar-refractivity contribution in [3.05, 3.63) is 23.8 Å². The van der Waals surface area contributed by atoms with Gasteiger partial charge in [0, 0.05) is 12.7 Å². The summed E-state index contributed by atoms with van der Waals surface area (Å²) in [5.74, 6) is 2.30. The molecule has 4 nitrogen and oxygen atoms in total. The van der Waals surface area contributed by atoms with Crippen LogP contribution >= 0.6 is 0 Å². The molecule has 16 heavy (non-hydrogen) atoms. The highest BCUT2D eigenvalue weighted by Gasteiger charge is 2.21. The van der Waals surface area contributed by atoms with Gasteiger partial charge in [-0.1, -0.05) is 5.92 Å². The normalized spacial score (nSPS) is 11.4. The van der Waals surface area contributed by atoms with Crippen LogP contribution in [0.25, 0.3) is 0 Å². The molecule has 5 heteroatoms. The number of benzene rings is 1. The lowest BCUT2D eigenvalue weighted by atomic mass is 10.2. The van der Waals surface area contributed by atoms with Crippen molar-refractivity contribution in [1.82, 2.24) is 4.31 Å². The van der Waals surface area contributed by atoms with E-state index in [0.717, 1.165) is 4.31 Å². The van der Waals surface area contributed by atoms with Gasteiger partial charge >= 0.3 is 0 Å². The molecule has 1 aromatic carbocycles. The molecule has 0 fully saturated rings. The number of hydrogen-bond donors (Lipinski definition) is 1. The largest absolute Gasteiger partial charge is 0.399 e. The summed E-state index contributed by atoms with van der Waals surface area (Å²) in [5, 5.41) is 0. The highest BCUT2D eigenvalue weighted by molar-refractivity contribution is 7.89. The van der Waals surface area contributed by atoms with Crippen molar-refractivity contribution in [2.75, 3.05) is 19.3 Å². The molecule has 0 aliphatic carbocycles. The first-order valence-electron chi connectivity index (χ1n) is 4.65. The zero-order valence-corrected chi connectivity index (χ0v) is 10.1. The van der Waals surface area contributed by atoms with Gasteiger partial charge in [0.25, 0.3) is 0 Å². The van der Waals surface area contributed by atoms with E-state index in [1.807, 2.05) is 0 Å². The Morgan fingerprint density at radius 3 is 2.62 bits per heavy atom. The van der Waals surface area contributed by atoms with Crippen LogP contribution in [-0.2, 0) is 10.0 Å². The lowest BCUT2D eigenvalue weighted by Gasteiger charge is -2.16. The van der Waals surface area contributed by atoms with Gasteiger partial charge in [0.05, 0.1) is 11.4 Å². The zero-order chi connectivity index (χ0) is 12.3. The number of aryl methyl sites for hydroxylation is 1. The Labute approximate surface area is 96.1 Å². The summed E-state index contributed by atoms with van der Waals surface area (Å²) in [6.07, 6.45) is 5.09. The molecule has 0 bridgehead atoms. The third kappa shape index (κ3) is 2.35. The predicted octanol–water partition coefficient (Wildman–Crippen LogP) is 0.831. The predicted molar refractivity (Wildman–Crippen MR) is 64.2 cm³/mol. The average Bonchev–Trinajstić information content (AvgIpc) is 2.17. The number of hydrogen-bond acceptors (Lipinski definition) is 3. The van der Waals surface area contributed by atoms with E-state index in [0.29, 0.717) is 11.3 Å². The maximum absolute atomic E-state index is 12.0. The minimum absolute atomic E-state index is 0.0478. The van der Waals surface area contributed by atoms with Crippen LogP contribution in [0.5, 0.6) is 0 Å². The molecule has 1 rings (SSSR count). The second-order valence-corrected chi connectivity index (χ2v) is 5.50. The fraction of sp³-hybridized carbons (Fsp3) is 0.273. The minimum Gasteiger partial charge on any atom is -0.399 e. The smallest absolute Gasteiger partial charge is 0.243 e. The van der Waals surface area contributed by atoms with E-state index in [2.05, 4.69) is 5.92 Å². The van der Waals surface area contributed by atoms with Gasteiger partial charge in [-0.15, -0.1) is 6.42 Å². The fourth-order valence-electron chi connectivity index (χ4n) is 1.34. The lowest BCUT2D eigenvalue weighted by molar-refractivity contribution is 0.502. The van der Waals surface area contributed by atoms with Gasteiger partial charge in [-0.2, -0.15) is 4.31 Å². The van der Waals surface area contributed by atoms with Gasteiger partial charge in [0.15, 0.2) is 0 Å². The van der Waals surface area contributed by atoms with Crippen LogP contribution in [-0.4, -0.2) is 26.3 Å². The van der Waals surface area contributed by atoms with Crippen molar-refractivity contribution in [3.63, 3.8) is 0 Å². The van der Waals surface area contributed by atoms with E-state index in [4.69, 9.17) is 12.2 Å². The van der Waals surface area contributed by atoms with Crippen molar-refractivity contribution < 1.29 is 8.42 Å². The number of rotatable bonds is 3. The Kier molecular flexibility index (Phi) is 3.58. The number of nitrogens with two attached hydrogens (primary N) is 1. The molecule has 0 saturated heterocycles. The summed E-state index contributed by atoms with van der Waals surface area (Å²) in [7, 11) is -2.06. The molecule has 2 N–H and O–H groups in total. The van der Waals surface area contributed by atoms with Crippen LogP contribution in [0.1, 0.15) is 5.56 Å². The van der Waals surface area contributed by atoms with Gasteiger partial charge in [0.2, 0.25) is 10.0 Å². The summed E-state index contributed by atoms with van der Waals surface area (Å²) in [6.45, 7) is 1.75. The highest BCUT2D eigenvalue weighted by atomic mass is 32.2. The Hall–Kier alpha value is -1.51. The number of sulfonamides is 1. The number of terminal acetylenes is 1. The van der Waals surface area contributed by atoms with Gasteiger partial charge in [-0.05, 0) is 30.7 Å². The first-order valence-corrected chi connectivity index (χ1v) is 6.09. The van der Waals surface area contributed by atoms with Crippen molar-refractivity contribution in [2.24, 2.45) is 0 Å². The van der Waals surface area contributed by atoms with Crippen molar-refractivity contribution >= 4 is 15.7 Å². The van der Waals surface area contributed by atoms with Crippen LogP contribution in [0.2, 0.25) is 0 Å². The van der Waals surface area contributed by atoms with Crippen molar-refractivity contribution in [2.45, 2.75) is 11.8 Å². The van der Waals surface area contributed by atoms with Crippen LogP contribution in [0, 0.1) is 19.3 Å². The average molecular weight is 238 g/mol. The molecule has 0 saturated carbocycles. The van der Waals surface area contributed by atoms with Crippen LogP contribution in [0.4, 0.5) is 5.69 Å². The van der Waals surface area contributed by atoms with E-state index in [9.17, 15) is 8.42 Å². The van der Waals surface area contributed by atoms with Crippen LogP contribution < -0.4 is 5.73 Å². The Morgan fingerprint density at radius 1 is 1.50 bits per heavy atom. The maximum Gasteiger partial charge on any atom is 0.243 e. The summed E-state index contributed by atoms with van der Waals surface area (Å²) in [4.78, 5) is 0.236. The summed E-state index contributed by atoms with van der Waals surface area (Å²) >= 11 is 0. The van der Waals surface area contributed by atoms with E-state index in [-0.39, 0.29) is 11.4 Å². The van der Waals surface area contributed by atoms with Crippen LogP contribution in [0.3, 0.4) is 0 Å². The molecule has 0 heterocycles. The van der Waals surface area contributed by atoms with E-state index in [1.54, 1.807) is 19.1 Å². The molecule has 1 aromatic rings. The van der Waals surface area contributed by atoms with E-state index < -0.39 is 10.0 Å². The Bertz CT molecular complexity index is 529. The molecule has 0 atom stereocenters. The third-order valence-corrected chi connectivity index (χ3v) is 4.16. The standard InChI is InChI=1S/C11H14N2O2S/c1-4-7-13(3)16(14,15)11-6-5-10(12)8-9(11)2/h1,5-6,8H,7,12H2,2-3H3. The Balaban J connectivity index is 3.23. The molecule has 0 amide bonds. The summed E-state index contributed by atoms with van der Waals surface area (Å²) < 4.78 is 25.2. The first-order chi connectivity index (χ1) is 7.39. The molecule has 0 aliphatic rings. The molecule has 0 aliphatic heterocycles. The summed E-state index contributed by atoms with van der Waals surface area (Å²) in [6, 6.07) is 4.67. The van der Waals surface area contributed by atoms with Crippen molar-refractivity contribution in [1.29, 1.82) is 0 Å². The molecule has 0 spiro atoms. The van der Waals surface area contributed by atoms with Crippen LogP contribution in [0.15, 0.2) is 23.1 Å². The lowest BCUT2D eigenvalue weighted by Crippen LogP contribution is -2.27. The molecule has 86 valence electrons. The monoisotopic (exact) mass is 238 g/mol. The molecule has 0 aromatic heterocycles. The summed E-state index contributed by atoms with van der Waals surface area (Å²) in [5.41, 5.74) is 6.72. The first kappa shape index (κ1) is 12.6. The van der Waals surface area contributed by atoms with E-state index in [1.165, 1.54) is 13.1 Å². The maximum atomic E-state index is 12.0. The number of anilines is 1. The molecule has 0 radical (unpaired) electrons. The molecular formula is C11H14N2O2S. The molecular weight excluding hydrogens is 224 g/mol. The van der Waals surface area contributed by atoms with Gasteiger partial charge in [0.1, 0.15) is 0 Å². The second kappa shape index (κ2) is 4.56. The topological polar surface area (TPSA) is 63.4 Å². The minimum atomic E-state index is -3.51. The number of nitrogens with zero attached hydrogens (tertiary/aromatic N) is 1. The second-order valence-electron chi connectivity index (χ2n) is 3.49. The van der Waals surface area contributed by atoms with Gasteiger partial charge in [-0.25, -0.2) is 8.42 Å². The van der Waals surface area contributed by atoms with Gasteiger partial charge < -0.3 is 5.73 Å². The SMILES string of the molecule is C#CCN(C)S(=O)(=O)c1ccc(N)cc1C. The fourth-order valence-corrected chi connectivity index (χ4v) is 2.63. The number of nitrogen functional groups attached to an aromatic ring is 1. The highest BCUT2D eigenvalue weighted by Crippen LogP contribution is 2.20. The molecule has 0 unspecified atom stereocenters. The van der Waals surface area contributed by atoms with E-state index >= 15 is 0 Å². The van der Waals surface area contributed by atoms with Crippen molar-refractivity contribution in [3.8, 4) is 12.3 Å². The zero-order valence-electron chi connectivity index (χ0n) is 9.27. The van der Waals surface area contributed by atoms with Gasteiger partial charge in [-0.3, -0.25) is 0 Å². The third-order valence-electron chi connectivity index (χ3n) is 2.20.